The summed E-state index contributed by atoms with van der Waals surface area (Å²) in [7, 11) is 0. The lowest BCUT2D eigenvalue weighted by Gasteiger charge is -1.95. The zero-order valence-electron chi connectivity index (χ0n) is 7.46. The molecule has 0 saturated carbocycles. The van der Waals surface area contributed by atoms with Crippen LogP contribution in [0.4, 0.5) is 0 Å². The van der Waals surface area contributed by atoms with Crippen LogP contribution in [0.2, 0.25) is 0 Å². The van der Waals surface area contributed by atoms with Crippen molar-refractivity contribution in [2.24, 2.45) is 0 Å². The average molecular weight is 239 g/mol. The minimum atomic E-state index is 0.107. The van der Waals surface area contributed by atoms with Crippen LogP contribution >= 0.6 is 15.9 Å². The Hall–Kier alpha value is -0.890. The normalized spacial score (nSPS) is 10.6. The number of carbonyl (C=O) groups is 1. The molecule has 1 rings (SSSR count). The molecule has 0 aromatic heterocycles. The Labute approximate surface area is 86.6 Å². The van der Waals surface area contributed by atoms with Gasteiger partial charge < -0.3 is 0 Å². The fourth-order valence-electron chi connectivity index (χ4n) is 1.01. The fraction of sp³-hybridized carbons (Fsp3) is 0.182. The first-order chi connectivity index (χ1) is 6.24. The maximum Gasteiger partial charge on any atom is 0.159 e. The van der Waals surface area contributed by atoms with Gasteiger partial charge in [0, 0.05) is 10.9 Å². The maximum absolute atomic E-state index is 10.9. The summed E-state index contributed by atoms with van der Waals surface area (Å²) in [4.78, 5) is 10.9. The van der Waals surface area contributed by atoms with Crippen molar-refractivity contribution < 1.29 is 4.79 Å². The largest absolute Gasteiger partial charge is 0.295 e. The molecule has 0 atom stereocenters. The molecule has 0 spiro atoms. The first-order valence-corrected chi connectivity index (χ1v) is 5.19. The number of alkyl halides is 1. The molecular weight excluding hydrogens is 228 g/mol. The summed E-state index contributed by atoms with van der Waals surface area (Å²) in [6.45, 7) is 1.57. The van der Waals surface area contributed by atoms with Crippen LogP contribution in [-0.2, 0) is 0 Å². The molecule has 0 fully saturated rings. The Balaban J connectivity index is 2.81. The Morgan fingerprint density at radius 3 is 2.46 bits per heavy atom. The van der Waals surface area contributed by atoms with Crippen LogP contribution in [0.25, 0.3) is 6.08 Å². The Kier molecular flexibility index (Phi) is 3.90. The number of benzene rings is 1. The minimum absolute atomic E-state index is 0.107. The van der Waals surface area contributed by atoms with Crippen LogP contribution in [0.1, 0.15) is 22.8 Å². The predicted octanol–water partition coefficient (Wildman–Crippen LogP) is 3.30. The van der Waals surface area contributed by atoms with Crippen LogP contribution in [0.15, 0.2) is 30.3 Å². The van der Waals surface area contributed by atoms with E-state index >= 15 is 0 Å². The summed E-state index contributed by atoms with van der Waals surface area (Å²) < 4.78 is 0. The highest BCUT2D eigenvalue weighted by atomic mass is 79.9. The molecule has 0 saturated heterocycles. The lowest BCUT2D eigenvalue weighted by Crippen LogP contribution is -1.90. The molecule has 1 aromatic carbocycles. The van der Waals surface area contributed by atoms with Crippen LogP contribution in [0.5, 0.6) is 0 Å². The van der Waals surface area contributed by atoms with Crippen molar-refractivity contribution in [1.29, 1.82) is 0 Å². The fourth-order valence-corrected chi connectivity index (χ4v) is 1.20. The van der Waals surface area contributed by atoms with Crippen molar-refractivity contribution in [3.8, 4) is 0 Å². The smallest absolute Gasteiger partial charge is 0.159 e. The van der Waals surface area contributed by atoms with Gasteiger partial charge in [-0.3, -0.25) is 4.79 Å². The highest BCUT2D eigenvalue weighted by Crippen LogP contribution is 2.06. The van der Waals surface area contributed by atoms with E-state index in [2.05, 4.69) is 15.9 Å². The molecule has 1 aromatic rings. The Morgan fingerprint density at radius 1 is 1.38 bits per heavy atom. The topological polar surface area (TPSA) is 17.1 Å². The lowest BCUT2D eigenvalue weighted by atomic mass is 10.1. The van der Waals surface area contributed by atoms with E-state index in [1.54, 1.807) is 6.92 Å². The number of hydrogen-bond donors (Lipinski definition) is 0. The molecule has 68 valence electrons. The van der Waals surface area contributed by atoms with Crippen molar-refractivity contribution in [2.45, 2.75) is 6.92 Å². The molecular formula is C11H11BrO. The van der Waals surface area contributed by atoms with Gasteiger partial charge in [-0.05, 0) is 12.5 Å². The van der Waals surface area contributed by atoms with Crippen LogP contribution < -0.4 is 0 Å². The molecule has 0 aliphatic rings. The standard InChI is InChI=1S/C11H11BrO/c1-9(13)11-6-4-10(5-7-11)3-2-8-12/h2-7H,8H2,1H3. The third kappa shape index (κ3) is 3.15. The van der Waals surface area contributed by atoms with Gasteiger partial charge in [-0.1, -0.05) is 52.3 Å². The summed E-state index contributed by atoms with van der Waals surface area (Å²) in [6, 6.07) is 7.57. The van der Waals surface area contributed by atoms with Crippen molar-refractivity contribution in [3.05, 3.63) is 41.5 Å². The second-order valence-electron chi connectivity index (χ2n) is 2.73. The Morgan fingerprint density at radius 2 is 2.00 bits per heavy atom. The van der Waals surface area contributed by atoms with Crippen molar-refractivity contribution in [3.63, 3.8) is 0 Å². The predicted molar refractivity (Wildman–Crippen MR) is 59.3 cm³/mol. The molecule has 13 heavy (non-hydrogen) atoms. The van der Waals surface area contributed by atoms with E-state index in [9.17, 15) is 4.79 Å². The number of carbonyl (C=O) groups excluding carboxylic acids is 1. The molecule has 0 bridgehead atoms. The van der Waals surface area contributed by atoms with Gasteiger partial charge in [-0.25, -0.2) is 0 Å². The van der Waals surface area contributed by atoms with E-state index in [1.165, 1.54) is 0 Å². The van der Waals surface area contributed by atoms with Gasteiger partial charge in [-0.15, -0.1) is 0 Å². The van der Waals surface area contributed by atoms with Gasteiger partial charge in [0.05, 0.1) is 0 Å². The quantitative estimate of drug-likeness (QED) is 0.584. The van der Waals surface area contributed by atoms with Gasteiger partial charge in [-0.2, -0.15) is 0 Å². The second-order valence-corrected chi connectivity index (χ2v) is 3.38. The van der Waals surface area contributed by atoms with Gasteiger partial charge in [0.1, 0.15) is 0 Å². The molecule has 0 unspecified atom stereocenters. The summed E-state index contributed by atoms with van der Waals surface area (Å²) in [5.41, 5.74) is 1.88. The second kappa shape index (κ2) is 4.97. The van der Waals surface area contributed by atoms with Crippen LogP contribution in [0, 0.1) is 0 Å². The lowest BCUT2D eigenvalue weighted by molar-refractivity contribution is 0.101. The SMILES string of the molecule is CC(=O)c1ccc(C=CCBr)cc1. The highest BCUT2D eigenvalue weighted by Gasteiger charge is 1.96. The van der Waals surface area contributed by atoms with Crippen molar-refractivity contribution in [1.82, 2.24) is 0 Å². The summed E-state index contributed by atoms with van der Waals surface area (Å²) in [5, 5.41) is 0.849. The first-order valence-electron chi connectivity index (χ1n) is 4.07. The van der Waals surface area contributed by atoms with Gasteiger partial charge >= 0.3 is 0 Å². The number of ketones is 1. The third-order valence-corrected chi connectivity index (χ3v) is 2.09. The monoisotopic (exact) mass is 238 g/mol. The number of Topliss-reactive ketones (excluding diaryl/α,β-unsaturated/α-hetero) is 1. The Bertz CT molecular complexity index is 311. The van der Waals surface area contributed by atoms with E-state index in [-0.39, 0.29) is 5.78 Å². The van der Waals surface area contributed by atoms with Crippen LogP contribution in [-0.4, -0.2) is 11.1 Å². The molecule has 0 aliphatic heterocycles. The number of hydrogen-bond acceptors (Lipinski definition) is 1. The summed E-state index contributed by atoms with van der Waals surface area (Å²) in [6.07, 6.45) is 4.03. The molecule has 0 heterocycles. The number of allylic oxidation sites excluding steroid dienone is 1. The number of rotatable bonds is 3. The molecule has 0 N–H and O–H groups in total. The van der Waals surface area contributed by atoms with Gasteiger partial charge in [0.15, 0.2) is 5.78 Å². The first kappa shape index (κ1) is 10.2. The van der Waals surface area contributed by atoms with Gasteiger partial charge in [0.25, 0.3) is 0 Å². The van der Waals surface area contributed by atoms with Gasteiger partial charge in [0.2, 0.25) is 0 Å². The van der Waals surface area contributed by atoms with E-state index < -0.39 is 0 Å². The molecule has 0 aliphatic carbocycles. The minimum Gasteiger partial charge on any atom is -0.295 e. The van der Waals surface area contributed by atoms with Crippen molar-refractivity contribution >= 4 is 27.8 Å². The van der Waals surface area contributed by atoms with E-state index in [0.29, 0.717) is 0 Å². The number of halogens is 1. The van der Waals surface area contributed by atoms with E-state index in [0.717, 1.165) is 16.5 Å². The molecule has 0 radical (unpaired) electrons. The summed E-state index contributed by atoms with van der Waals surface area (Å²) >= 11 is 3.30. The maximum atomic E-state index is 10.9. The van der Waals surface area contributed by atoms with E-state index in [1.807, 2.05) is 36.4 Å². The molecule has 2 heteroatoms. The summed E-state index contributed by atoms with van der Waals surface area (Å²) in [5.74, 6) is 0.107. The van der Waals surface area contributed by atoms with Crippen molar-refractivity contribution in [2.75, 3.05) is 5.33 Å². The highest BCUT2D eigenvalue weighted by molar-refractivity contribution is 9.09. The third-order valence-electron chi connectivity index (χ3n) is 1.72. The molecule has 1 nitrogen and oxygen atoms in total. The molecule has 0 amide bonds. The zero-order chi connectivity index (χ0) is 9.68. The average Bonchev–Trinajstić information content (AvgIpc) is 2.15. The van der Waals surface area contributed by atoms with E-state index in [4.69, 9.17) is 0 Å². The zero-order valence-corrected chi connectivity index (χ0v) is 9.04. The van der Waals surface area contributed by atoms with Crippen LogP contribution in [0.3, 0.4) is 0 Å².